The van der Waals surface area contributed by atoms with E-state index in [0.29, 0.717) is 49.1 Å². The molecule has 0 radical (unpaired) electrons. The van der Waals surface area contributed by atoms with Crippen molar-refractivity contribution < 1.29 is 19.0 Å². The average molecular weight is 360 g/mol. The van der Waals surface area contributed by atoms with Crippen LogP contribution in [0.3, 0.4) is 0 Å². The number of halogens is 1. The van der Waals surface area contributed by atoms with Crippen LogP contribution < -0.4 is 9.64 Å². The summed E-state index contributed by atoms with van der Waals surface area (Å²) in [6.45, 7) is 1.77. The molecule has 4 rings (SSSR count). The van der Waals surface area contributed by atoms with E-state index in [1.807, 2.05) is 42.5 Å². The number of hydrogen-bond donors (Lipinski definition) is 0. The SMILES string of the molecule is O=C1N(CCCOc2ccccc2)c2c(Cl)cccc2C12OCCO2. The van der Waals surface area contributed by atoms with Crippen LogP contribution in [0, 0.1) is 0 Å². The highest BCUT2D eigenvalue weighted by atomic mass is 35.5. The lowest BCUT2D eigenvalue weighted by Gasteiger charge is -2.22. The number of fused-ring (bicyclic) bond motifs is 2. The van der Waals surface area contributed by atoms with Gasteiger partial charge in [0.15, 0.2) is 0 Å². The second-order valence-corrected chi connectivity index (χ2v) is 6.33. The Labute approximate surface area is 151 Å². The lowest BCUT2D eigenvalue weighted by atomic mass is 10.1. The van der Waals surface area contributed by atoms with Gasteiger partial charge >= 0.3 is 0 Å². The largest absolute Gasteiger partial charge is 0.494 e. The molecule has 2 aromatic carbocycles. The first-order chi connectivity index (χ1) is 12.2. The Morgan fingerprint density at radius 3 is 2.60 bits per heavy atom. The lowest BCUT2D eigenvalue weighted by Crippen LogP contribution is -2.41. The maximum Gasteiger partial charge on any atom is 0.292 e. The minimum absolute atomic E-state index is 0.215. The number of anilines is 1. The number of carbonyl (C=O) groups excluding carboxylic acids is 1. The van der Waals surface area contributed by atoms with Crippen molar-refractivity contribution in [3.05, 3.63) is 59.1 Å². The zero-order chi connectivity index (χ0) is 17.3. The third-order valence-corrected chi connectivity index (χ3v) is 4.67. The second-order valence-electron chi connectivity index (χ2n) is 5.92. The van der Waals surface area contributed by atoms with Gasteiger partial charge in [-0.25, -0.2) is 0 Å². The molecule has 0 N–H and O–H groups in total. The molecule has 2 aromatic rings. The topological polar surface area (TPSA) is 48.0 Å². The first-order valence-electron chi connectivity index (χ1n) is 8.29. The molecule has 0 unspecified atom stereocenters. The van der Waals surface area contributed by atoms with Crippen LogP contribution in [0.25, 0.3) is 0 Å². The highest BCUT2D eigenvalue weighted by Gasteiger charge is 2.56. The van der Waals surface area contributed by atoms with E-state index in [0.717, 1.165) is 5.75 Å². The fourth-order valence-electron chi connectivity index (χ4n) is 3.28. The van der Waals surface area contributed by atoms with Crippen molar-refractivity contribution >= 4 is 23.2 Å². The van der Waals surface area contributed by atoms with Gasteiger partial charge in [-0.2, -0.15) is 0 Å². The standard InChI is InChI=1S/C19H18ClNO4/c20-16-9-4-8-15-17(16)21(18(22)19(15)24-12-13-25-19)10-5-11-23-14-6-2-1-3-7-14/h1-4,6-9H,5,10-13H2. The molecule has 2 aliphatic heterocycles. The van der Waals surface area contributed by atoms with E-state index in [4.69, 9.17) is 25.8 Å². The molecule has 1 fully saturated rings. The van der Waals surface area contributed by atoms with Gasteiger partial charge in [0.2, 0.25) is 0 Å². The highest BCUT2D eigenvalue weighted by Crippen LogP contribution is 2.48. The molecule has 0 atom stereocenters. The normalized spacial score (nSPS) is 18.0. The first-order valence-corrected chi connectivity index (χ1v) is 8.67. The van der Waals surface area contributed by atoms with E-state index in [-0.39, 0.29) is 5.91 Å². The van der Waals surface area contributed by atoms with E-state index in [2.05, 4.69) is 0 Å². The number of carbonyl (C=O) groups is 1. The molecule has 0 bridgehead atoms. The molecule has 6 heteroatoms. The van der Waals surface area contributed by atoms with Crippen LogP contribution in [0.2, 0.25) is 5.02 Å². The third kappa shape index (κ3) is 2.78. The van der Waals surface area contributed by atoms with Crippen molar-refractivity contribution in [2.45, 2.75) is 12.2 Å². The van der Waals surface area contributed by atoms with E-state index in [1.165, 1.54) is 0 Å². The molecular formula is C19H18ClNO4. The Kier molecular flexibility index (Phi) is 4.37. The van der Waals surface area contributed by atoms with E-state index in [9.17, 15) is 4.79 Å². The number of benzene rings is 2. The summed E-state index contributed by atoms with van der Waals surface area (Å²) in [5, 5.41) is 0.519. The predicted molar refractivity (Wildman–Crippen MR) is 93.9 cm³/mol. The molecule has 2 heterocycles. The predicted octanol–water partition coefficient (Wildman–Crippen LogP) is 3.36. The summed E-state index contributed by atoms with van der Waals surface area (Å²) in [7, 11) is 0. The molecule has 1 spiro atoms. The molecule has 0 aromatic heterocycles. The van der Waals surface area contributed by atoms with E-state index < -0.39 is 5.79 Å². The van der Waals surface area contributed by atoms with Gasteiger partial charge < -0.3 is 19.1 Å². The van der Waals surface area contributed by atoms with Crippen LogP contribution in [-0.2, 0) is 20.1 Å². The van der Waals surface area contributed by atoms with Crippen LogP contribution in [0.4, 0.5) is 5.69 Å². The fraction of sp³-hybridized carbons (Fsp3) is 0.316. The Bertz CT molecular complexity index is 774. The molecule has 0 saturated carbocycles. The van der Waals surface area contributed by atoms with E-state index >= 15 is 0 Å². The number of ether oxygens (including phenoxy) is 3. The van der Waals surface area contributed by atoms with Crippen molar-refractivity contribution in [1.82, 2.24) is 0 Å². The van der Waals surface area contributed by atoms with Gasteiger partial charge in [0.1, 0.15) is 5.75 Å². The number of rotatable bonds is 5. The van der Waals surface area contributed by atoms with Crippen LogP contribution >= 0.6 is 11.6 Å². The monoisotopic (exact) mass is 359 g/mol. The maximum absolute atomic E-state index is 13.0. The summed E-state index contributed by atoms with van der Waals surface area (Å²) in [4.78, 5) is 14.6. The zero-order valence-electron chi connectivity index (χ0n) is 13.6. The van der Waals surface area contributed by atoms with Gasteiger partial charge in [0.05, 0.1) is 30.5 Å². The highest BCUT2D eigenvalue weighted by molar-refractivity contribution is 6.35. The zero-order valence-corrected chi connectivity index (χ0v) is 14.4. The molecule has 130 valence electrons. The van der Waals surface area contributed by atoms with Crippen LogP contribution in [0.5, 0.6) is 5.75 Å². The molecule has 1 saturated heterocycles. The van der Waals surface area contributed by atoms with E-state index in [1.54, 1.807) is 11.0 Å². The summed E-state index contributed by atoms with van der Waals surface area (Å²) in [5.41, 5.74) is 1.36. The van der Waals surface area contributed by atoms with Crippen molar-refractivity contribution in [3.63, 3.8) is 0 Å². The Hall–Kier alpha value is -2.08. The van der Waals surface area contributed by atoms with Gasteiger partial charge in [0, 0.05) is 12.1 Å². The maximum atomic E-state index is 13.0. The Morgan fingerprint density at radius 1 is 1.08 bits per heavy atom. The van der Waals surface area contributed by atoms with Crippen molar-refractivity contribution in [2.75, 3.05) is 31.3 Å². The summed E-state index contributed by atoms with van der Waals surface area (Å²) in [5.74, 6) is -0.735. The molecule has 25 heavy (non-hydrogen) atoms. The molecule has 5 nitrogen and oxygen atoms in total. The van der Waals surface area contributed by atoms with Gasteiger partial charge in [-0.15, -0.1) is 0 Å². The van der Waals surface area contributed by atoms with Gasteiger partial charge in [0.25, 0.3) is 11.7 Å². The lowest BCUT2D eigenvalue weighted by molar-refractivity contribution is -0.180. The van der Waals surface area contributed by atoms with Gasteiger partial charge in [-0.3, -0.25) is 4.79 Å². The number of amides is 1. The third-order valence-electron chi connectivity index (χ3n) is 4.37. The van der Waals surface area contributed by atoms with Crippen LogP contribution in [-0.4, -0.2) is 32.3 Å². The van der Waals surface area contributed by atoms with Crippen molar-refractivity contribution in [1.29, 1.82) is 0 Å². The van der Waals surface area contributed by atoms with Crippen LogP contribution in [0.1, 0.15) is 12.0 Å². The molecule has 2 aliphatic rings. The summed E-state index contributed by atoms with van der Waals surface area (Å²) in [6.07, 6.45) is 0.668. The smallest absolute Gasteiger partial charge is 0.292 e. The van der Waals surface area contributed by atoms with Crippen molar-refractivity contribution in [2.24, 2.45) is 0 Å². The second kappa shape index (κ2) is 6.67. The Balaban J connectivity index is 1.49. The average Bonchev–Trinajstić information content (AvgIpc) is 3.21. The number of para-hydroxylation sites is 2. The van der Waals surface area contributed by atoms with Gasteiger partial charge in [-0.1, -0.05) is 41.9 Å². The summed E-state index contributed by atoms with van der Waals surface area (Å²) >= 11 is 6.36. The fourth-order valence-corrected chi connectivity index (χ4v) is 3.56. The van der Waals surface area contributed by atoms with Gasteiger partial charge in [-0.05, 0) is 24.6 Å². The summed E-state index contributed by atoms with van der Waals surface area (Å²) in [6, 6.07) is 15.0. The summed E-state index contributed by atoms with van der Waals surface area (Å²) < 4.78 is 17.1. The minimum Gasteiger partial charge on any atom is -0.494 e. The number of nitrogens with zero attached hydrogens (tertiary/aromatic N) is 1. The Morgan fingerprint density at radius 2 is 1.84 bits per heavy atom. The van der Waals surface area contributed by atoms with Crippen molar-refractivity contribution in [3.8, 4) is 5.75 Å². The van der Waals surface area contributed by atoms with Crippen LogP contribution in [0.15, 0.2) is 48.5 Å². The first kappa shape index (κ1) is 16.4. The molecular weight excluding hydrogens is 342 g/mol. The molecule has 1 amide bonds. The quantitative estimate of drug-likeness (QED) is 0.768. The molecule has 0 aliphatic carbocycles. The minimum atomic E-state index is -1.33. The number of hydrogen-bond acceptors (Lipinski definition) is 4.